The van der Waals surface area contributed by atoms with Gasteiger partial charge in [-0.05, 0) is 36.3 Å². The minimum Gasteiger partial charge on any atom is -0.496 e. The summed E-state index contributed by atoms with van der Waals surface area (Å²) in [5.41, 5.74) is 9.08. The van der Waals surface area contributed by atoms with Crippen LogP contribution in [0.25, 0.3) is 0 Å². The minimum absolute atomic E-state index is 0. The van der Waals surface area contributed by atoms with E-state index in [2.05, 4.69) is 32.0 Å². The van der Waals surface area contributed by atoms with E-state index in [9.17, 15) is 0 Å². The van der Waals surface area contributed by atoms with Gasteiger partial charge in [0.2, 0.25) is 0 Å². The predicted octanol–water partition coefficient (Wildman–Crippen LogP) is 4.82. The molecule has 0 bridgehead atoms. The summed E-state index contributed by atoms with van der Waals surface area (Å²) < 4.78 is 5.51. The monoisotopic (exact) mass is 297 g/mol. The Labute approximate surface area is 129 Å². The zero-order chi connectivity index (χ0) is 13.8. The van der Waals surface area contributed by atoms with E-state index in [-0.39, 0.29) is 18.4 Å². The highest BCUT2D eigenvalue weighted by Crippen LogP contribution is 2.37. The Hall–Kier alpha value is -0.730. The molecule has 0 aliphatic heterocycles. The molecule has 0 aromatic heterocycles. The van der Waals surface area contributed by atoms with E-state index in [1.54, 1.807) is 7.11 Å². The van der Waals surface area contributed by atoms with Crippen LogP contribution in [0.15, 0.2) is 18.2 Å². The molecule has 2 N–H and O–H groups in total. The molecule has 0 spiro atoms. The fourth-order valence-corrected chi connectivity index (χ4v) is 3.12. The molecule has 0 radical (unpaired) electrons. The average molecular weight is 298 g/mol. The number of ether oxygens (including phenoxy) is 1. The van der Waals surface area contributed by atoms with Crippen molar-refractivity contribution in [3.8, 4) is 5.75 Å². The van der Waals surface area contributed by atoms with Crippen molar-refractivity contribution in [3.05, 3.63) is 29.3 Å². The van der Waals surface area contributed by atoms with Crippen LogP contribution < -0.4 is 10.5 Å². The van der Waals surface area contributed by atoms with Crippen molar-refractivity contribution in [3.63, 3.8) is 0 Å². The Morgan fingerprint density at radius 1 is 1.15 bits per heavy atom. The number of halogens is 1. The Morgan fingerprint density at radius 3 is 2.35 bits per heavy atom. The molecule has 1 aliphatic rings. The molecular formula is C17H28ClNO. The van der Waals surface area contributed by atoms with E-state index in [0.717, 1.165) is 5.75 Å². The molecule has 1 aromatic carbocycles. The summed E-state index contributed by atoms with van der Waals surface area (Å²) in [6.45, 7) is 4.44. The minimum atomic E-state index is 0. The summed E-state index contributed by atoms with van der Waals surface area (Å²) >= 11 is 0. The number of hydrogen-bond acceptors (Lipinski definition) is 2. The second kappa shape index (κ2) is 7.90. The number of benzene rings is 1. The lowest BCUT2D eigenvalue weighted by atomic mass is 9.80. The molecule has 1 aromatic rings. The molecular weight excluding hydrogens is 270 g/mol. The normalized spacial score (nSPS) is 17.6. The zero-order valence-electron chi connectivity index (χ0n) is 12.9. The summed E-state index contributed by atoms with van der Waals surface area (Å²) in [5.74, 6) is 2.09. The number of rotatable bonds is 4. The summed E-state index contributed by atoms with van der Waals surface area (Å²) in [6.07, 6.45) is 6.54. The van der Waals surface area contributed by atoms with Crippen LogP contribution in [-0.2, 0) is 0 Å². The molecule has 0 saturated heterocycles. The molecule has 0 amide bonds. The van der Waals surface area contributed by atoms with Gasteiger partial charge in [0, 0.05) is 11.6 Å². The highest BCUT2D eigenvalue weighted by atomic mass is 35.5. The maximum atomic E-state index is 6.54. The molecule has 1 aliphatic carbocycles. The molecule has 2 nitrogen and oxygen atoms in total. The first kappa shape index (κ1) is 17.3. The molecule has 3 heteroatoms. The van der Waals surface area contributed by atoms with E-state index >= 15 is 0 Å². The van der Waals surface area contributed by atoms with Gasteiger partial charge in [-0.1, -0.05) is 45.2 Å². The van der Waals surface area contributed by atoms with Crippen LogP contribution in [0.4, 0.5) is 0 Å². The lowest BCUT2D eigenvalue weighted by Crippen LogP contribution is -2.24. The fourth-order valence-electron chi connectivity index (χ4n) is 3.12. The van der Waals surface area contributed by atoms with Crippen molar-refractivity contribution >= 4 is 12.4 Å². The van der Waals surface area contributed by atoms with Crippen LogP contribution in [0.3, 0.4) is 0 Å². The Kier molecular flexibility index (Phi) is 6.84. The molecule has 1 atom stereocenters. The van der Waals surface area contributed by atoms with Crippen LogP contribution in [0.1, 0.15) is 69.0 Å². The van der Waals surface area contributed by atoms with Crippen LogP contribution in [0.2, 0.25) is 0 Å². The first-order valence-electron chi connectivity index (χ1n) is 7.57. The van der Waals surface area contributed by atoms with Crippen molar-refractivity contribution in [1.29, 1.82) is 0 Å². The smallest absolute Gasteiger partial charge is 0.123 e. The third-order valence-corrected chi connectivity index (χ3v) is 4.44. The quantitative estimate of drug-likeness (QED) is 0.864. The van der Waals surface area contributed by atoms with E-state index in [4.69, 9.17) is 10.5 Å². The van der Waals surface area contributed by atoms with Crippen molar-refractivity contribution in [2.24, 2.45) is 11.7 Å². The van der Waals surface area contributed by atoms with Gasteiger partial charge in [0.15, 0.2) is 0 Å². The maximum absolute atomic E-state index is 6.54. The second-order valence-electron chi connectivity index (χ2n) is 6.08. The maximum Gasteiger partial charge on any atom is 0.123 e. The summed E-state index contributed by atoms with van der Waals surface area (Å²) in [7, 11) is 1.74. The van der Waals surface area contributed by atoms with Crippen molar-refractivity contribution in [2.75, 3.05) is 7.11 Å². The van der Waals surface area contributed by atoms with E-state index in [1.807, 2.05) is 0 Å². The molecule has 114 valence electrons. The molecule has 2 rings (SSSR count). The van der Waals surface area contributed by atoms with E-state index in [1.165, 1.54) is 43.2 Å². The van der Waals surface area contributed by atoms with Crippen LogP contribution >= 0.6 is 12.4 Å². The van der Waals surface area contributed by atoms with Gasteiger partial charge in [-0.2, -0.15) is 0 Å². The van der Waals surface area contributed by atoms with Crippen molar-refractivity contribution in [1.82, 2.24) is 0 Å². The predicted molar refractivity (Wildman–Crippen MR) is 87.8 cm³/mol. The molecule has 0 unspecified atom stereocenters. The summed E-state index contributed by atoms with van der Waals surface area (Å²) in [4.78, 5) is 0. The van der Waals surface area contributed by atoms with Crippen molar-refractivity contribution in [2.45, 2.75) is 57.9 Å². The van der Waals surface area contributed by atoms with Gasteiger partial charge >= 0.3 is 0 Å². The third-order valence-electron chi connectivity index (χ3n) is 4.44. The van der Waals surface area contributed by atoms with Gasteiger partial charge in [-0.3, -0.25) is 0 Å². The Morgan fingerprint density at radius 2 is 1.80 bits per heavy atom. The van der Waals surface area contributed by atoms with Gasteiger partial charge in [0.1, 0.15) is 5.75 Å². The SMILES string of the molecule is COc1ccc(C(C)C)cc1[C@H](N)C1CCCCC1.Cl. The molecule has 0 heterocycles. The molecule has 1 saturated carbocycles. The van der Waals surface area contributed by atoms with Gasteiger partial charge < -0.3 is 10.5 Å². The first-order chi connectivity index (χ1) is 9.13. The molecule has 1 fully saturated rings. The summed E-state index contributed by atoms with van der Waals surface area (Å²) in [5, 5.41) is 0. The van der Waals surface area contributed by atoms with Crippen LogP contribution in [0.5, 0.6) is 5.75 Å². The number of hydrogen-bond donors (Lipinski definition) is 1. The Balaban J connectivity index is 0.00000200. The average Bonchev–Trinajstić information content (AvgIpc) is 2.46. The standard InChI is InChI=1S/C17H27NO.ClH/c1-12(2)14-9-10-16(19-3)15(11-14)17(18)13-7-5-4-6-8-13;/h9-13,17H,4-8,18H2,1-3H3;1H/t17-;/m1./s1. The van der Waals surface area contributed by atoms with Gasteiger partial charge in [-0.25, -0.2) is 0 Å². The van der Waals surface area contributed by atoms with Crippen molar-refractivity contribution < 1.29 is 4.74 Å². The van der Waals surface area contributed by atoms with E-state index in [0.29, 0.717) is 11.8 Å². The topological polar surface area (TPSA) is 35.2 Å². The van der Waals surface area contributed by atoms with Gasteiger partial charge in [0.05, 0.1) is 7.11 Å². The zero-order valence-corrected chi connectivity index (χ0v) is 13.7. The Bertz CT molecular complexity index is 413. The fraction of sp³-hybridized carbons (Fsp3) is 0.647. The molecule has 20 heavy (non-hydrogen) atoms. The highest BCUT2D eigenvalue weighted by Gasteiger charge is 2.24. The van der Waals surface area contributed by atoms with Gasteiger partial charge in [0.25, 0.3) is 0 Å². The van der Waals surface area contributed by atoms with E-state index < -0.39 is 0 Å². The third kappa shape index (κ3) is 3.89. The first-order valence-corrected chi connectivity index (χ1v) is 7.57. The largest absolute Gasteiger partial charge is 0.496 e. The van der Waals surface area contributed by atoms with Gasteiger partial charge in [-0.15, -0.1) is 12.4 Å². The van der Waals surface area contributed by atoms with Crippen LogP contribution in [-0.4, -0.2) is 7.11 Å². The number of methoxy groups -OCH3 is 1. The van der Waals surface area contributed by atoms with Crippen LogP contribution in [0, 0.1) is 5.92 Å². The lowest BCUT2D eigenvalue weighted by Gasteiger charge is -2.29. The number of nitrogens with two attached hydrogens (primary N) is 1. The lowest BCUT2D eigenvalue weighted by molar-refractivity contribution is 0.301. The summed E-state index contributed by atoms with van der Waals surface area (Å²) in [6, 6.07) is 6.60. The highest BCUT2D eigenvalue weighted by molar-refractivity contribution is 5.85. The second-order valence-corrected chi connectivity index (χ2v) is 6.08.